The molecular weight excluding hydrogens is 128 g/mol. The molecule has 1 unspecified atom stereocenters. The molecule has 1 aliphatic rings. The number of ether oxygens (including phenoxy) is 1. The zero-order chi connectivity index (χ0) is 7.23. The Hall–Kier alpha value is -0.790. The van der Waals surface area contributed by atoms with Crippen molar-refractivity contribution in [1.29, 1.82) is 0 Å². The minimum absolute atomic E-state index is 0.526. The largest absolute Gasteiger partial charge is 0.468 e. The molecule has 1 aliphatic carbocycles. The number of allylic oxidation sites excluding steroid dienone is 2. The van der Waals surface area contributed by atoms with E-state index < -0.39 is 0 Å². The second kappa shape index (κ2) is 4.09. The topological polar surface area (TPSA) is 26.3 Å². The Morgan fingerprint density at radius 2 is 2.50 bits per heavy atom. The lowest BCUT2D eigenvalue weighted by molar-refractivity contribution is -0.130. The third-order valence-corrected chi connectivity index (χ3v) is 1.78. The molecule has 0 aliphatic heterocycles. The van der Waals surface area contributed by atoms with Crippen molar-refractivity contribution in [3.63, 3.8) is 0 Å². The molecule has 0 radical (unpaired) electrons. The highest BCUT2D eigenvalue weighted by Gasteiger charge is 2.08. The van der Waals surface area contributed by atoms with E-state index in [4.69, 9.17) is 0 Å². The first-order chi connectivity index (χ1) is 4.93. The maximum atomic E-state index is 9.81. The first kappa shape index (κ1) is 7.32. The predicted molar refractivity (Wildman–Crippen MR) is 38.5 cm³/mol. The van der Waals surface area contributed by atoms with E-state index in [1.807, 2.05) is 0 Å². The van der Waals surface area contributed by atoms with Gasteiger partial charge < -0.3 is 4.74 Å². The van der Waals surface area contributed by atoms with Crippen molar-refractivity contribution >= 4 is 6.47 Å². The van der Waals surface area contributed by atoms with Crippen molar-refractivity contribution in [2.75, 3.05) is 6.61 Å². The lowest BCUT2D eigenvalue weighted by Crippen LogP contribution is -2.09. The fourth-order valence-electron chi connectivity index (χ4n) is 1.18. The molecule has 0 spiro atoms. The van der Waals surface area contributed by atoms with Crippen LogP contribution in [0.2, 0.25) is 0 Å². The summed E-state index contributed by atoms with van der Waals surface area (Å²) in [5.74, 6) is 0.565. The van der Waals surface area contributed by atoms with Crippen molar-refractivity contribution in [3.8, 4) is 0 Å². The first-order valence-corrected chi connectivity index (χ1v) is 3.63. The van der Waals surface area contributed by atoms with Gasteiger partial charge in [-0.2, -0.15) is 0 Å². The fourth-order valence-corrected chi connectivity index (χ4v) is 1.18. The van der Waals surface area contributed by atoms with Crippen LogP contribution in [0.5, 0.6) is 0 Å². The van der Waals surface area contributed by atoms with E-state index >= 15 is 0 Å². The van der Waals surface area contributed by atoms with Gasteiger partial charge in [0.1, 0.15) is 0 Å². The number of carbonyl (C=O) groups excluding carboxylic acids is 1. The van der Waals surface area contributed by atoms with E-state index in [1.54, 1.807) is 0 Å². The molecule has 0 saturated heterocycles. The van der Waals surface area contributed by atoms with Crippen LogP contribution < -0.4 is 0 Å². The molecule has 1 rings (SSSR count). The van der Waals surface area contributed by atoms with E-state index in [2.05, 4.69) is 16.9 Å². The van der Waals surface area contributed by atoms with Crippen LogP contribution in [0.3, 0.4) is 0 Å². The SMILES string of the molecule is O=COCC1CC=CCC1. The molecule has 0 saturated carbocycles. The van der Waals surface area contributed by atoms with Crippen LogP contribution in [0, 0.1) is 5.92 Å². The highest BCUT2D eigenvalue weighted by Crippen LogP contribution is 2.17. The second-order valence-electron chi connectivity index (χ2n) is 2.58. The van der Waals surface area contributed by atoms with Crippen LogP contribution in [0.4, 0.5) is 0 Å². The third kappa shape index (κ3) is 2.21. The lowest BCUT2D eigenvalue weighted by atomic mass is 9.95. The number of rotatable bonds is 3. The van der Waals surface area contributed by atoms with Gasteiger partial charge in [0.05, 0.1) is 6.61 Å². The molecule has 0 aromatic rings. The minimum Gasteiger partial charge on any atom is -0.468 e. The fraction of sp³-hybridized carbons (Fsp3) is 0.625. The molecular formula is C8H12O2. The quantitative estimate of drug-likeness (QED) is 0.439. The summed E-state index contributed by atoms with van der Waals surface area (Å²) in [4.78, 5) is 9.81. The normalized spacial score (nSPS) is 24.2. The number of hydrogen-bond donors (Lipinski definition) is 0. The average molecular weight is 140 g/mol. The zero-order valence-corrected chi connectivity index (χ0v) is 5.95. The van der Waals surface area contributed by atoms with Gasteiger partial charge in [-0.15, -0.1) is 0 Å². The summed E-state index contributed by atoms with van der Waals surface area (Å²) >= 11 is 0. The molecule has 56 valence electrons. The van der Waals surface area contributed by atoms with Crippen LogP contribution in [0.15, 0.2) is 12.2 Å². The maximum Gasteiger partial charge on any atom is 0.293 e. The molecule has 0 amide bonds. The van der Waals surface area contributed by atoms with Gasteiger partial charge in [-0.05, 0) is 25.2 Å². The molecule has 0 aromatic heterocycles. The Kier molecular flexibility index (Phi) is 3.00. The monoisotopic (exact) mass is 140 g/mol. The lowest BCUT2D eigenvalue weighted by Gasteiger charge is -2.15. The number of carbonyl (C=O) groups is 1. The Bertz CT molecular complexity index is 129. The third-order valence-electron chi connectivity index (χ3n) is 1.78. The molecule has 1 atom stereocenters. The van der Waals surface area contributed by atoms with Gasteiger partial charge in [-0.25, -0.2) is 0 Å². The highest BCUT2D eigenvalue weighted by molar-refractivity contribution is 5.36. The van der Waals surface area contributed by atoms with Gasteiger partial charge >= 0.3 is 0 Å². The molecule has 2 heteroatoms. The summed E-state index contributed by atoms with van der Waals surface area (Å²) < 4.78 is 4.66. The van der Waals surface area contributed by atoms with Gasteiger partial charge in [0, 0.05) is 0 Å². The van der Waals surface area contributed by atoms with Gasteiger partial charge in [-0.3, -0.25) is 4.79 Å². The molecule has 0 heterocycles. The number of hydrogen-bond acceptors (Lipinski definition) is 2. The maximum absolute atomic E-state index is 9.81. The van der Waals surface area contributed by atoms with Crippen molar-refractivity contribution < 1.29 is 9.53 Å². The summed E-state index contributed by atoms with van der Waals surface area (Å²) in [5.41, 5.74) is 0. The molecule has 10 heavy (non-hydrogen) atoms. The van der Waals surface area contributed by atoms with E-state index in [0.717, 1.165) is 19.3 Å². The first-order valence-electron chi connectivity index (χ1n) is 3.63. The van der Waals surface area contributed by atoms with Gasteiger partial charge in [-0.1, -0.05) is 12.2 Å². The zero-order valence-electron chi connectivity index (χ0n) is 5.95. The van der Waals surface area contributed by atoms with E-state index in [0.29, 0.717) is 19.0 Å². The van der Waals surface area contributed by atoms with Crippen LogP contribution in [-0.4, -0.2) is 13.1 Å². The van der Waals surface area contributed by atoms with Gasteiger partial charge in [0.25, 0.3) is 6.47 Å². The molecule has 2 nitrogen and oxygen atoms in total. The molecule has 0 N–H and O–H groups in total. The van der Waals surface area contributed by atoms with Gasteiger partial charge in [0.2, 0.25) is 0 Å². The second-order valence-corrected chi connectivity index (χ2v) is 2.58. The van der Waals surface area contributed by atoms with Crippen molar-refractivity contribution in [2.45, 2.75) is 19.3 Å². The summed E-state index contributed by atoms with van der Waals surface area (Å²) in [6.07, 6.45) is 7.69. The molecule has 0 fully saturated rings. The summed E-state index contributed by atoms with van der Waals surface area (Å²) in [6, 6.07) is 0. The van der Waals surface area contributed by atoms with Crippen molar-refractivity contribution in [1.82, 2.24) is 0 Å². The Morgan fingerprint density at radius 3 is 3.10 bits per heavy atom. The Morgan fingerprint density at radius 1 is 1.60 bits per heavy atom. The van der Waals surface area contributed by atoms with Crippen LogP contribution in [0.25, 0.3) is 0 Å². The summed E-state index contributed by atoms with van der Waals surface area (Å²) in [5, 5.41) is 0. The van der Waals surface area contributed by atoms with Crippen molar-refractivity contribution in [2.24, 2.45) is 5.92 Å². The smallest absolute Gasteiger partial charge is 0.293 e. The van der Waals surface area contributed by atoms with E-state index in [9.17, 15) is 4.79 Å². The Labute approximate surface area is 60.9 Å². The van der Waals surface area contributed by atoms with Crippen LogP contribution in [0.1, 0.15) is 19.3 Å². The molecule has 0 bridgehead atoms. The standard InChI is InChI=1S/C8H12O2/c9-7-10-6-8-4-2-1-3-5-8/h1-2,7-8H,3-6H2. The van der Waals surface area contributed by atoms with Gasteiger partial charge in [0.15, 0.2) is 0 Å². The van der Waals surface area contributed by atoms with E-state index in [-0.39, 0.29) is 0 Å². The Balaban J connectivity index is 2.15. The summed E-state index contributed by atoms with van der Waals surface area (Å²) in [7, 11) is 0. The minimum atomic E-state index is 0.526. The summed E-state index contributed by atoms with van der Waals surface area (Å²) in [6.45, 7) is 1.12. The highest BCUT2D eigenvalue weighted by atomic mass is 16.5. The van der Waals surface area contributed by atoms with Crippen LogP contribution in [-0.2, 0) is 9.53 Å². The molecule has 0 aromatic carbocycles. The van der Waals surface area contributed by atoms with Crippen molar-refractivity contribution in [3.05, 3.63) is 12.2 Å². The van der Waals surface area contributed by atoms with E-state index in [1.165, 1.54) is 0 Å². The van der Waals surface area contributed by atoms with Crippen LogP contribution >= 0.6 is 0 Å². The average Bonchev–Trinajstić information content (AvgIpc) is 2.03. The predicted octanol–water partition coefficient (Wildman–Crippen LogP) is 1.52.